The maximum Gasteiger partial charge on any atom is 0.320 e. The SMILES string of the molecule is COCCN1CC2CN(Cc3ccccc3)CCN2C1=O. The second-order valence-electron chi connectivity index (χ2n) is 5.79. The van der Waals surface area contributed by atoms with Gasteiger partial charge in [0.15, 0.2) is 0 Å². The number of piperazine rings is 1. The maximum atomic E-state index is 12.3. The molecule has 1 unspecified atom stereocenters. The Kier molecular flexibility index (Phi) is 4.41. The van der Waals surface area contributed by atoms with Crippen molar-refractivity contribution in [2.75, 3.05) is 46.4 Å². The summed E-state index contributed by atoms with van der Waals surface area (Å²) >= 11 is 0. The highest BCUT2D eigenvalue weighted by Crippen LogP contribution is 2.21. The number of carbonyl (C=O) groups excluding carboxylic acids is 1. The smallest absolute Gasteiger partial charge is 0.320 e. The number of hydrogen-bond donors (Lipinski definition) is 0. The lowest BCUT2D eigenvalue weighted by Crippen LogP contribution is -2.51. The van der Waals surface area contributed by atoms with E-state index in [0.29, 0.717) is 19.2 Å². The highest BCUT2D eigenvalue weighted by atomic mass is 16.5. The highest BCUT2D eigenvalue weighted by molar-refractivity contribution is 5.77. The molecular formula is C16H23N3O2. The first-order valence-corrected chi connectivity index (χ1v) is 7.58. The van der Waals surface area contributed by atoms with Crippen molar-refractivity contribution in [1.29, 1.82) is 0 Å². The predicted octanol–water partition coefficient (Wildman–Crippen LogP) is 1.25. The van der Waals surface area contributed by atoms with E-state index in [2.05, 4.69) is 29.2 Å². The van der Waals surface area contributed by atoms with Gasteiger partial charge in [0.2, 0.25) is 0 Å². The van der Waals surface area contributed by atoms with Crippen LogP contribution in [0.3, 0.4) is 0 Å². The van der Waals surface area contributed by atoms with E-state index in [4.69, 9.17) is 4.74 Å². The van der Waals surface area contributed by atoms with Crippen LogP contribution in [-0.2, 0) is 11.3 Å². The van der Waals surface area contributed by atoms with Gasteiger partial charge >= 0.3 is 6.03 Å². The summed E-state index contributed by atoms with van der Waals surface area (Å²) in [5.41, 5.74) is 1.34. The van der Waals surface area contributed by atoms with Crippen LogP contribution in [0.25, 0.3) is 0 Å². The third-order valence-corrected chi connectivity index (χ3v) is 4.33. The molecule has 5 heteroatoms. The van der Waals surface area contributed by atoms with Crippen LogP contribution >= 0.6 is 0 Å². The molecule has 2 fully saturated rings. The van der Waals surface area contributed by atoms with Gasteiger partial charge in [0.05, 0.1) is 12.6 Å². The van der Waals surface area contributed by atoms with Gasteiger partial charge in [0.1, 0.15) is 0 Å². The molecule has 2 heterocycles. The zero-order valence-corrected chi connectivity index (χ0v) is 12.6. The van der Waals surface area contributed by atoms with E-state index in [1.165, 1.54) is 5.56 Å². The summed E-state index contributed by atoms with van der Waals surface area (Å²) < 4.78 is 5.08. The number of nitrogens with zero attached hydrogens (tertiary/aromatic N) is 3. The first kappa shape index (κ1) is 14.4. The van der Waals surface area contributed by atoms with Crippen LogP contribution in [0.5, 0.6) is 0 Å². The molecule has 0 radical (unpaired) electrons. The van der Waals surface area contributed by atoms with E-state index >= 15 is 0 Å². The summed E-state index contributed by atoms with van der Waals surface area (Å²) in [7, 11) is 1.68. The van der Waals surface area contributed by atoms with Gasteiger partial charge < -0.3 is 14.5 Å². The van der Waals surface area contributed by atoms with Gasteiger partial charge in [-0.3, -0.25) is 4.90 Å². The van der Waals surface area contributed by atoms with Crippen LogP contribution in [0.1, 0.15) is 5.56 Å². The van der Waals surface area contributed by atoms with Gasteiger partial charge in [-0.25, -0.2) is 4.79 Å². The first-order valence-electron chi connectivity index (χ1n) is 7.58. The molecule has 0 aromatic heterocycles. The molecule has 0 N–H and O–H groups in total. The second-order valence-corrected chi connectivity index (χ2v) is 5.79. The third kappa shape index (κ3) is 3.19. The molecule has 1 aromatic carbocycles. The number of rotatable bonds is 5. The lowest BCUT2D eigenvalue weighted by Gasteiger charge is -2.36. The first-order chi connectivity index (χ1) is 10.3. The Balaban J connectivity index is 1.57. The summed E-state index contributed by atoms with van der Waals surface area (Å²) in [6.45, 7) is 5.85. The normalized spacial score (nSPS) is 22.7. The fraction of sp³-hybridized carbons (Fsp3) is 0.562. The summed E-state index contributed by atoms with van der Waals surface area (Å²) in [6, 6.07) is 11.0. The van der Waals surface area contributed by atoms with Crippen LogP contribution in [0.4, 0.5) is 4.79 Å². The minimum Gasteiger partial charge on any atom is -0.383 e. The van der Waals surface area contributed by atoms with Crippen LogP contribution < -0.4 is 0 Å². The Bertz CT molecular complexity index is 480. The van der Waals surface area contributed by atoms with Crippen molar-refractivity contribution in [3.63, 3.8) is 0 Å². The van der Waals surface area contributed by atoms with Crippen LogP contribution in [0, 0.1) is 0 Å². The highest BCUT2D eigenvalue weighted by Gasteiger charge is 2.40. The van der Waals surface area contributed by atoms with Gasteiger partial charge in [0, 0.05) is 46.4 Å². The van der Waals surface area contributed by atoms with Gasteiger partial charge in [-0.05, 0) is 5.56 Å². The third-order valence-electron chi connectivity index (χ3n) is 4.33. The molecule has 1 aromatic rings. The lowest BCUT2D eigenvalue weighted by atomic mass is 10.1. The molecule has 2 saturated heterocycles. The van der Waals surface area contributed by atoms with Crippen LogP contribution in [0.15, 0.2) is 30.3 Å². The molecule has 21 heavy (non-hydrogen) atoms. The molecule has 0 bridgehead atoms. The molecule has 114 valence electrons. The van der Waals surface area contributed by atoms with Crippen LogP contribution in [-0.4, -0.2) is 73.2 Å². The minimum absolute atomic E-state index is 0.177. The van der Waals surface area contributed by atoms with Crippen molar-refractivity contribution >= 4 is 6.03 Å². The predicted molar refractivity (Wildman–Crippen MR) is 81.1 cm³/mol. The van der Waals surface area contributed by atoms with Crippen molar-refractivity contribution in [3.05, 3.63) is 35.9 Å². The van der Waals surface area contributed by atoms with E-state index in [0.717, 1.165) is 32.7 Å². The largest absolute Gasteiger partial charge is 0.383 e. The molecule has 2 aliphatic heterocycles. The number of ether oxygens (including phenoxy) is 1. The molecule has 3 rings (SSSR count). The number of amides is 2. The fourth-order valence-electron chi connectivity index (χ4n) is 3.22. The summed E-state index contributed by atoms with van der Waals surface area (Å²) in [5, 5.41) is 0. The van der Waals surface area contributed by atoms with Crippen molar-refractivity contribution in [2.45, 2.75) is 12.6 Å². The average molecular weight is 289 g/mol. The lowest BCUT2D eigenvalue weighted by molar-refractivity contribution is 0.116. The Morgan fingerprint density at radius 2 is 2.00 bits per heavy atom. The monoisotopic (exact) mass is 289 g/mol. The van der Waals surface area contributed by atoms with Crippen molar-refractivity contribution < 1.29 is 9.53 Å². The van der Waals surface area contributed by atoms with Crippen molar-refractivity contribution in [2.24, 2.45) is 0 Å². The second kappa shape index (κ2) is 6.45. The van der Waals surface area contributed by atoms with Gasteiger partial charge in [0.25, 0.3) is 0 Å². The topological polar surface area (TPSA) is 36.0 Å². The van der Waals surface area contributed by atoms with Gasteiger partial charge in [-0.2, -0.15) is 0 Å². The number of carbonyl (C=O) groups is 1. The summed E-state index contributed by atoms with van der Waals surface area (Å²) in [4.78, 5) is 18.7. The van der Waals surface area contributed by atoms with Gasteiger partial charge in [-0.1, -0.05) is 30.3 Å². The molecule has 1 atom stereocenters. The number of methoxy groups -OCH3 is 1. The number of hydrogen-bond acceptors (Lipinski definition) is 3. The molecule has 0 aliphatic carbocycles. The average Bonchev–Trinajstić information content (AvgIpc) is 2.82. The molecule has 5 nitrogen and oxygen atoms in total. The molecule has 0 spiro atoms. The Hall–Kier alpha value is -1.59. The molecule has 0 saturated carbocycles. The number of fused-ring (bicyclic) bond motifs is 1. The molecular weight excluding hydrogens is 266 g/mol. The van der Waals surface area contributed by atoms with Crippen molar-refractivity contribution in [3.8, 4) is 0 Å². The maximum absolute atomic E-state index is 12.3. The Labute approximate surface area is 126 Å². The van der Waals surface area contributed by atoms with E-state index in [-0.39, 0.29) is 6.03 Å². The van der Waals surface area contributed by atoms with E-state index in [1.54, 1.807) is 7.11 Å². The van der Waals surface area contributed by atoms with Crippen LogP contribution in [0.2, 0.25) is 0 Å². The molecule has 2 amide bonds. The summed E-state index contributed by atoms with van der Waals surface area (Å²) in [5.74, 6) is 0. The van der Waals surface area contributed by atoms with E-state index in [9.17, 15) is 4.79 Å². The van der Waals surface area contributed by atoms with E-state index < -0.39 is 0 Å². The Morgan fingerprint density at radius 1 is 1.19 bits per heavy atom. The van der Waals surface area contributed by atoms with Crippen molar-refractivity contribution in [1.82, 2.24) is 14.7 Å². The zero-order chi connectivity index (χ0) is 14.7. The minimum atomic E-state index is 0.177. The number of benzene rings is 1. The van der Waals surface area contributed by atoms with Gasteiger partial charge in [-0.15, -0.1) is 0 Å². The zero-order valence-electron chi connectivity index (χ0n) is 12.6. The number of urea groups is 1. The fourth-order valence-corrected chi connectivity index (χ4v) is 3.22. The summed E-state index contributed by atoms with van der Waals surface area (Å²) in [6.07, 6.45) is 0. The van der Waals surface area contributed by atoms with E-state index in [1.807, 2.05) is 15.9 Å². The quantitative estimate of drug-likeness (QED) is 0.818. The Morgan fingerprint density at radius 3 is 2.76 bits per heavy atom. The standard InChI is InChI=1S/C16H23N3O2/c1-21-10-9-18-13-15-12-17(7-8-19(15)16(18)20)11-14-5-3-2-4-6-14/h2-6,15H,7-13H2,1H3. The molecule has 2 aliphatic rings.